The Labute approximate surface area is 271 Å². The van der Waals surface area contributed by atoms with Crippen LogP contribution in [0, 0.1) is 30.6 Å². The van der Waals surface area contributed by atoms with Crippen LogP contribution in [0.15, 0.2) is 113 Å². The van der Waals surface area contributed by atoms with Gasteiger partial charge in [-0.3, -0.25) is 29.5 Å². The van der Waals surface area contributed by atoms with E-state index in [9.17, 15) is 19.5 Å². The van der Waals surface area contributed by atoms with Crippen LogP contribution in [0.25, 0.3) is 0 Å². The van der Waals surface area contributed by atoms with E-state index in [1.54, 1.807) is 36.4 Å². The molecule has 6 atom stereocenters. The lowest BCUT2D eigenvalue weighted by molar-refractivity contribution is -0.138. The zero-order chi connectivity index (χ0) is 32.4. The molecule has 1 aromatic heterocycles. The van der Waals surface area contributed by atoms with Gasteiger partial charge in [0.1, 0.15) is 23.5 Å². The number of rotatable bonds is 6. The molecule has 0 unspecified atom stereocenters. The number of hydrogen-bond acceptors (Lipinski definition) is 7. The van der Waals surface area contributed by atoms with E-state index in [2.05, 4.69) is 5.43 Å². The number of allylic oxidation sites excluding steroid dienone is 2. The molecule has 9 nitrogen and oxygen atoms in total. The van der Waals surface area contributed by atoms with Crippen LogP contribution >= 0.6 is 0 Å². The van der Waals surface area contributed by atoms with E-state index in [1.807, 2.05) is 73.7 Å². The average molecular weight is 628 g/mol. The van der Waals surface area contributed by atoms with Gasteiger partial charge in [0.2, 0.25) is 11.8 Å². The summed E-state index contributed by atoms with van der Waals surface area (Å²) in [5.74, 6) is -4.06. The van der Waals surface area contributed by atoms with Gasteiger partial charge in [-0.1, -0.05) is 77.9 Å². The third-order valence-corrected chi connectivity index (χ3v) is 10.5. The summed E-state index contributed by atoms with van der Waals surface area (Å²) in [5, 5.41) is 11.1. The minimum absolute atomic E-state index is 0.199. The molecule has 2 N–H and O–H groups in total. The number of aliphatic hydroxyl groups excluding tert-OH is 1. The van der Waals surface area contributed by atoms with Crippen molar-refractivity contribution in [1.29, 1.82) is 0 Å². The Morgan fingerprint density at radius 2 is 1.53 bits per heavy atom. The number of benzene rings is 3. The van der Waals surface area contributed by atoms with Gasteiger partial charge in [0.25, 0.3) is 11.8 Å². The lowest BCUT2D eigenvalue weighted by atomic mass is 9.50. The maximum atomic E-state index is 15.1. The van der Waals surface area contributed by atoms with Crippen molar-refractivity contribution in [1.82, 2.24) is 5.01 Å². The molecule has 2 aliphatic carbocycles. The number of furan rings is 1. The largest absolute Gasteiger partial charge is 0.463 e. The molecular formula is C38H33N3O6. The molecule has 2 aliphatic heterocycles. The van der Waals surface area contributed by atoms with E-state index in [4.69, 9.17) is 4.42 Å². The Morgan fingerprint density at radius 1 is 0.830 bits per heavy atom. The number of hydrogen-bond donors (Lipinski definition) is 2. The smallest absolute Gasteiger partial charge is 0.260 e. The maximum Gasteiger partial charge on any atom is 0.260 e. The number of hydrazine groups is 1. The molecule has 47 heavy (non-hydrogen) atoms. The summed E-state index contributed by atoms with van der Waals surface area (Å²) in [6.45, 7) is 1.62. The second-order valence-corrected chi connectivity index (χ2v) is 12.9. The topological polar surface area (TPSA) is 120 Å². The fourth-order valence-electron chi connectivity index (χ4n) is 8.52. The van der Waals surface area contributed by atoms with Crippen LogP contribution in [0.4, 0.5) is 11.4 Å². The van der Waals surface area contributed by atoms with Gasteiger partial charge in [-0.05, 0) is 67.6 Å². The van der Waals surface area contributed by atoms with Gasteiger partial charge in [0, 0.05) is 0 Å². The van der Waals surface area contributed by atoms with Crippen LogP contribution in [0.5, 0.6) is 0 Å². The highest BCUT2D eigenvalue weighted by Gasteiger charge is 2.71. The highest BCUT2D eigenvalue weighted by atomic mass is 16.4. The first-order valence-corrected chi connectivity index (χ1v) is 15.9. The van der Waals surface area contributed by atoms with Gasteiger partial charge in [0.15, 0.2) is 0 Å². The summed E-state index contributed by atoms with van der Waals surface area (Å²) < 4.78 is 6.22. The van der Waals surface area contributed by atoms with Crippen LogP contribution in [0.1, 0.15) is 41.4 Å². The molecule has 0 radical (unpaired) electrons. The number of anilines is 2. The van der Waals surface area contributed by atoms with Crippen molar-refractivity contribution in [2.45, 2.75) is 37.7 Å². The molecule has 3 heterocycles. The minimum Gasteiger partial charge on any atom is -0.463 e. The fraction of sp³-hybridized carbons (Fsp3) is 0.263. The SMILES string of the molecule is Cc1ccc(NN2C(=O)[C@@H]3C[C@@H]4C(=CC[C@@H]5C(=O)N(c6ccccc6)C(=O)[C@@H]54)[C@H](c4ccc(CO)o4)[C@]3(c3ccccc3)C2=O)cc1. The monoisotopic (exact) mass is 627 g/mol. The number of fused-ring (bicyclic) bond motifs is 4. The Kier molecular flexibility index (Phi) is 6.77. The van der Waals surface area contributed by atoms with Gasteiger partial charge in [0.05, 0.1) is 35.0 Å². The standard InChI is InChI=1S/C38H33N3O6/c1-22-12-14-24(15-13-22)39-41-35(44)30-20-29-27(17-18-28-32(29)36(45)40(34(28)43)25-10-6-3-7-11-25)33(31-19-16-26(21-42)47-31)38(30,37(41)46)23-8-4-2-5-9-23/h2-17,19,28-30,32-33,39,42H,18,20-21H2,1H3/t28-,29+,30-,32-,33+,38+/m0/s1. The number of carbonyl (C=O) groups is 4. The third kappa shape index (κ3) is 4.19. The second kappa shape index (κ2) is 10.9. The molecule has 4 aliphatic rings. The molecule has 3 aromatic carbocycles. The molecule has 4 aromatic rings. The molecule has 0 bridgehead atoms. The van der Waals surface area contributed by atoms with Crippen molar-refractivity contribution in [2.75, 3.05) is 10.3 Å². The van der Waals surface area contributed by atoms with Crippen molar-refractivity contribution in [3.8, 4) is 0 Å². The van der Waals surface area contributed by atoms with Crippen LogP contribution < -0.4 is 10.3 Å². The van der Waals surface area contributed by atoms with Crippen molar-refractivity contribution >= 4 is 35.0 Å². The van der Waals surface area contributed by atoms with Gasteiger partial charge >= 0.3 is 0 Å². The molecule has 8 rings (SSSR count). The first-order valence-electron chi connectivity index (χ1n) is 15.9. The number of aliphatic hydroxyl groups is 1. The summed E-state index contributed by atoms with van der Waals surface area (Å²) >= 11 is 0. The predicted molar refractivity (Wildman–Crippen MR) is 172 cm³/mol. The summed E-state index contributed by atoms with van der Waals surface area (Å²) in [6, 6.07) is 29.1. The van der Waals surface area contributed by atoms with Gasteiger partial charge in [-0.25, -0.2) is 0 Å². The molecule has 3 fully saturated rings. The fourth-order valence-corrected chi connectivity index (χ4v) is 8.52. The van der Waals surface area contributed by atoms with Crippen LogP contribution in [0.2, 0.25) is 0 Å². The average Bonchev–Trinajstić information content (AvgIpc) is 3.74. The molecular weight excluding hydrogens is 594 g/mol. The van der Waals surface area contributed by atoms with E-state index in [1.165, 1.54) is 4.90 Å². The Morgan fingerprint density at radius 3 is 2.21 bits per heavy atom. The number of nitrogens with zero attached hydrogens (tertiary/aromatic N) is 2. The Balaban J connectivity index is 1.31. The van der Waals surface area contributed by atoms with E-state index < -0.39 is 46.8 Å². The van der Waals surface area contributed by atoms with Gasteiger partial charge < -0.3 is 9.52 Å². The van der Waals surface area contributed by atoms with Crippen LogP contribution in [-0.4, -0.2) is 33.7 Å². The first-order chi connectivity index (χ1) is 22.8. The molecule has 236 valence electrons. The Bertz CT molecular complexity index is 1930. The highest BCUT2D eigenvalue weighted by Crippen LogP contribution is 2.64. The normalized spacial score (nSPS) is 28.2. The zero-order valence-electron chi connectivity index (χ0n) is 25.7. The lowest BCUT2D eigenvalue weighted by Crippen LogP contribution is -2.53. The second-order valence-electron chi connectivity index (χ2n) is 12.9. The lowest BCUT2D eigenvalue weighted by Gasteiger charge is -2.49. The molecule has 2 saturated heterocycles. The zero-order valence-corrected chi connectivity index (χ0v) is 25.7. The van der Waals surface area contributed by atoms with Crippen molar-refractivity contribution in [3.63, 3.8) is 0 Å². The van der Waals surface area contributed by atoms with Crippen molar-refractivity contribution in [3.05, 3.63) is 131 Å². The van der Waals surface area contributed by atoms with Crippen molar-refractivity contribution in [2.24, 2.45) is 23.7 Å². The number of imide groups is 2. The number of para-hydroxylation sites is 1. The summed E-state index contributed by atoms with van der Waals surface area (Å²) in [7, 11) is 0. The quantitative estimate of drug-likeness (QED) is 0.221. The number of carbonyl (C=O) groups excluding carboxylic acids is 4. The summed E-state index contributed by atoms with van der Waals surface area (Å²) in [6.07, 6.45) is 2.51. The Hall–Kier alpha value is -5.28. The van der Waals surface area contributed by atoms with Crippen LogP contribution in [0.3, 0.4) is 0 Å². The van der Waals surface area contributed by atoms with Gasteiger partial charge in [-0.15, -0.1) is 0 Å². The third-order valence-electron chi connectivity index (χ3n) is 10.5. The van der Waals surface area contributed by atoms with E-state index >= 15 is 4.79 Å². The molecule has 1 saturated carbocycles. The number of nitrogens with one attached hydrogen (secondary N) is 1. The first kappa shape index (κ1) is 29.1. The summed E-state index contributed by atoms with van der Waals surface area (Å²) in [4.78, 5) is 59.0. The number of amides is 4. The van der Waals surface area contributed by atoms with Crippen LogP contribution in [-0.2, 0) is 31.2 Å². The molecule has 9 heteroatoms. The maximum absolute atomic E-state index is 15.1. The molecule has 0 spiro atoms. The minimum atomic E-state index is -1.42. The summed E-state index contributed by atoms with van der Waals surface area (Å²) in [5.41, 5.74) is 5.28. The predicted octanol–water partition coefficient (Wildman–Crippen LogP) is 5.27. The van der Waals surface area contributed by atoms with Gasteiger partial charge in [-0.2, -0.15) is 5.01 Å². The van der Waals surface area contributed by atoms with Crippen molar-refractivity contribution < 1.29 is 28.7 Å². The highest BCUT2D eigenvalue weighted by molar-refractivity contribution is 6.22. The van der Waals surface area contributed by atoms with E-state index in [0.717, 1.165) is 16.1 Å². The van der Waals surface area contributed by atoms with E-state index in [-0.39, 0.29) is 24.8 Å². The van der Waals surface area contributed by atoms with E-state index in [0.29, 0.717) is 34.9 Å². The molecule has 4 amide bonds. The number of aryl methyl sites for hydroxylation is 1.